The highest BCUT2D eigenvalue weighted by Crippen LogP contribution is 2.40. The van der Waals surface area contributed by atoms with Gasteiger partial charge in [-0.3, -0.25) is 4.79 Å². The van der Waals surface area contributed by atoms with Crippen molar-refractivity contribution in [3.8, 4) is 17.2 Å². The molecule has 0 aliphatic carbocycles. The molecule has 9 heteroatoms. The summed E-state index contributed by atoms with van der Waals surface area (Å²) in [6, 6.07) is 4.59. The first-order chi connectivity index (χ1) is 12.9. The maximum absolute atomic E-state index is 12.6. The third-order valence-corrected chi connectivity index (χ3v) is 3.72. The van der Waals surface area contributed by atoms with Gasteiger partial charge in [-0.1, -0.05) is 12.1 Å². The number of hydrogen-bond acceptors (Lipinski definition) is 8. The molecule has 0 saturated carbocycles. The summed E-state index contributed by atoms with van der Waals surface area (Å²) in [7, 11) is 4.29. The van der Waals surface area contributed by atoms with E-state index in [1.54, 1.807) is 26.0 Å². The summed E-state index contributed by atoms with van der Waals surface area (Å²) in [6.45, 7) is 3.42. The van der Waals surface area contributed by atoms with Crippen LogP contribution in [0.5, 0.6) is 17.2 Å². The summed E-state index contributed by atoms with van der Waals surface area (Å²) in [6.07, 6.45) is -0.753. The quantitative estimate of drug-likeness (QED) is 0.698. The Labute approximate surface area is 156 Å². The van der Waals surface area contributed by atoms with Crippen molar-refractivity contribution in [2.75, 3.05) is 26.6 Å². The summed E-state index contributed by atoms with van der Waals surface area (Å²) in [4.78, 5) is 25.0. The van der Waals surface area contributed by atoms with Crippen LogP contribution in [0.15, 0.2) is 22.7 Å². The Balaban J connectivity index is 2.20. The van der Waals surface area contributed by atoms with E-state index in [1.807, 2.05) is 0 Å². The highest BCUT2D eigenvalue weighted by Gasteiger charge is 2.27. The number of amides is 1. The minimum absolute atomic E-state index is 0.110. The molecule has 1 aromatic heterocycles. The van der Waals surface area contributed by atoms with Crippen molar-refractivity contribution < 1.29 is 33.1 Å². The van der Waals surface area contributed by atoms with E-state index in [4.69, 9.17) is 23.5 Å². The van der Waals surface area contributed by atoms with Gasteiger partial charge >= 0.3 is 5.97 Å². The van der Waals surface area contributed by atoms with E-state index in [1.165, 1.54) is 27.4 Å². The van der Waals surface area contributed by atoms with E-state index in [9.17, 15) is 9.59 Å². The zero-order valence-electron chi connectivity index (χ0n) is 15.8. The van der Waals surface area contributed by atoms with Crippen LogP contribution in [-0.4, -0.2) is 44.5 Å². The molecule has 1 amide bonds. The van der Waals surface area contributed by atoms with Gasteiger partial charge in [0.1, 0.15) is 11.3 Å². The van der Waals surface area contributed by atoms with Gasteiger partial charge in [0.2, 0.25) is 5.75 Å². The fourth-order valence-electron chi connectivity index (χ4n) is 2.41. The van der Waals surface area contributed by atoms with Crippen molar-refractivity contribution in [3.05, 3.63) is 29.5 Å². The molecular formula is C18H22N2O7. The molecule has 1 atom stereocenters. The number of nitrogens with zero attached hydrogens (tertiary/aromatic N) is 1. The Morgan fingerprint density at radius 3 is 2.37 bits per heavy atom. The van der Waals surface area contributed by atoms with Crippen LogP contribution in [0.1, 0.15) is 29.5 Å². The normalized spacial score (nSPS) is 11.4. The molecule has 0 aliphatic heterocycles. The van der Waals surface area contributed by atoms with Gasteiger partial charge in [0.25, 0.3) is 5.91 Å². The minimum Gasteiger partial charge on any atom is -0.493 e. The third-order valence-electron chi connectivity index (χ3n) is 3.72. The largest absolute Gasteiger partial charge is 0.493 e. The standard InChI is InChI=1S/C18H22N2O7/c1-6-12(17(21)19-14-9-10(2)27-20-14)26-18(22)11-7-8-13(23-3)16(25-5)15(11)24-4/h7-9,12H,6H2,1-5H3,(H,19,20,21). The number of aryl methyl sites for hydroxylation is 1. The molecule has 0 fully saturated rings. The van der Waals surface area contributed by atoms with Crippen LogP contribution in [0.2, 0.25) is 0 Å². The van der Waals surface area contributed by atoms with Gasteiger partial charge < -0.3 is 28.8 Å². The summed E-state index contributed by atoms with van der Waals surface area (Å²) < 4.78 is 26.0. The van der Waals surface area contributed by atoms with Crippen LogP contribution >= 0.6 is 0 Å². The number of anilines is 1. The van der Waals surface area contributed by atoms with Crippen molar-refractivity contribution in [2.45, 2.75) is 26.4 Å². The molecule has 0 saturated heterocycles. The molecule has 2 rings (SSSR count). The van der Waals surface area contributed by atoms with E-state index < -0.39 is 18.0 Å². The van der Waals surface area contributed by atoms with Crippen LogP contribution in [-0.2, 0) is 9.53 Å². The Morgan fingerprint density at radius 1 is 1.15 bits per heavy atom. The molecule has 1 unspecified atom stereocenters. The topological polar surface area (TPSA) is 109 Å². The van der Waals surface area contributed by atoms with Crippen LogP contribution in [0.25, 0.3) is 0 Å². The van der Waals surface area contributed by atoms with Gasteiger partial charge in [-0.05, 0) is 25.5 Å². The molecule has 0 aliphatic rings. The number of aromatic nitrogens is 1. The van der Waals surface area contributed by atoms with Gasteiger partial charge in [-0.15, -0.1) is 0 Å². The van der Waals surface area contributed by atoms with Crippen LogP contribution in [0, 0.1) is 6.92 Å². The minimum atomic E-state index is -1.02. The first kappa shape index (κ1) is 20.1. The van der Waals surface area contributed by atoms with Gasteiger partial charge in [-0.25, -0.2) is 4.79 Å². The molecular weight excluding hydrogens is 356 g/mol. The van der Waals surface area contributed by atoms with Crippen molar-refractivity contribution in [1.82, 2.24) is 5.16 Å². The highest BCUT2D eigenvalue weighted by atomic mass is 16.6. The molecule has 27 heavy (non-hydrogen) atoms. The zero-order chi connectivity index (χ0) is 20.0. The van der Waals surface area contributed by atoms with Crippen LogP contribution in [0.3, 0.4) is 0 Å². The van der Waals surface area contributed by atoms with Gasteiger partial charge in [0.15, 0.2) is 23.4 Å². The van der Waals surface area contributed by atoms with Crippen molar-refractivity contribution in [3.63, 3.8) is 0 Å². The average Bonchev–Trinajstić information content (AvgIpc) is 3.08. The highest BCUT2D eigenvalue weighted by molar-refractivity contribution is 5.98. The third kappa shape index (κ3) is 4.49. The second-order valence-corrected chi connectivity index (χ2v) is 5.50. The Bertz CT molecular complexity index is 816. The molecule has 9 nitrogen and oxygen atoms in total. The van der Waals surface area contributed by atoms with E-state index in [0.29, 0.717) is 11.5 Å². The van der Waals surface area contributed by atoms with E-state index >= 15 is 0 Å². The Morgan fingerprint density at radius 2 is 1.85 bits per heavy atom. The molecule has 1 heterocycles. The predicted molar refractivity (Wildman–Crippen MR) is 95.5 cm³/mol. The number of rotatable bonds is 8. The van der Waals surface area contributed by atoms with E-state index in [-0.39, 0.29) is 29.3 Å². The lowest BCUT2D eigenvalue weighted by atomic mass is 10.1. The Hall–Kier alpha value is -3.23. The van der Waals surface area contributed by atoms with E-state index in [0.717, 1.165) is 0 Å². The fraction of sp³-hybridized carbons (Fsp3) is 0.389. The monoisotopic (exact) mass is 378 g/mol. The number of esters is 1. The molecule has 2 aromatic rings. The first-order valence-electron chi connectivity index (χ1n) is 8.19. The van der Waals surface area contributed by atoms with Gasteiger partial charge in [-0.2, -0.15) is 0 Å². The molecule has 0 radical (unpaired) electrons. The second-order valence-electron chi connectivity index (χ2n) is 5.50. The number of carbonyl (C=O) groups excluding carboxylic acids is 2. The summed E-state index contributed by atoms with van der Waals surface area (Å²) in [5, 5.41) is 6.22. The van der Waals surface area contributed by atoms with Crippen molar-refractivity contribution >= 4 is 17.7 Å². The van der Waals surface area contributed by atoms with Gasteiger partial charge in [0, 0.05) is 6.07 Å². The number of carbonyl (C=O) groups is 2. The lowest BCUT2D eigenvalue weighted by molar-refractivity contribution is -0.124. The number of nitrogens with one attached hydrogen (secondary N) is 1. The smallest absolute Gasteiger partial charge is 0.342 e. The lowest BCUT2D eigenvalue weighted by Crippen LogP contribution is -2.32. The molecule has 146 valence electrons. The van der Waals surface area contributed by atoms with Crippen molar-refractivity contribution in [2.24, 2.45) is 0 Å². The SMILES string of the molecule is CCC(OC(=O)c1ccc(OC)c(OC)c1OC)C(=O)Nc1cc(C)on1. The molecule has 1 N–H and O–H groups in total. The van der Waals surface area contributed by atoms with Crippen LogP contribution in [0.4, 0.5) is 5.82 Å². The maximum Gasteiger partial charge on any atom is 0.342 e. The van der Waals surface area contributed by atoms with Crippen LogP contribution < -0.4 is 19.5 Å². The summed E-state index contributed by atoms with van der Waals surface area (Å²) in [5.41, 5.74) is 0.110. The van der Waals surface area contributed by atoms with E-state index in [2.05, 4.69) is 10.5 Å². The molecule has 1 aromatic carbocycles. The number of methoxy groups -OCH3 is 3. The second kappa shape index (κ2) is 8.93. The zero-order valence-corrected chi connectivity index (χ0v) is 15.8. The number of hydrogen-bond donors (Lipinski definition) is 1. The van der Waals surface area contributed by atoms with Crippen molar-refractivity contribution in [1.29, 1.82) is 0 Å². The molecule has 0 spiro atoms. The first-order valence-corrected chi connectivity index (χ1v) is 8.19. The fourth-order valence-corrected chi connectivity index (χ4v) is 2.41. The number of benzene rings is 1. The lowest BCUT2D eigenvalue weighted by Gasteiger charge is -2.18. The predicted octanol–water partition coefficient (Wildman–Crippen LogP) is 2.58. The summed E-state index contributed by atoms with van der Waals surface area (Å²) >= 11 is 0. The van der Waals surface area contributed by atoms with Gasteiger partial charge in [0.05, 0.1) is 21.3 Å². The summed E-state index contributed by atoms with van der Waals surface area (Å²) in [5.74, 6) is 0.358. The number of ether oxygens (including phenoxy) is 4. The Kier molecular flexibility index (Phi) is 6.64. The maximum atomic E-state index is 12.6. The average molecular weight is 378 g/mol. The molecule has 0 bridgehead atoms.